The van der Waals surface area contributed by atoms with E-state index in [1.165, 1.54) is 0 Å². The van der Waals surface area contributed by atoms with Gasteiger partial charge < -0.3 is 9.47 Å². The number of para-hydroxylation sites is 1. The Hall–Kier alpha value is -3.11. The Balaban J connectivity index is 1.53. The van der Waals surface area contributed by atoms with E-state index in [-0.39, 0.29) is 6.61 Å². The summed E-state index contributed by atoms with van der Waals surface area (Å²) in [5.74, 6) is 0.399. The van der Waals surface area contributed by atoms with Crippen molar-refractivity contribution in [3.05, 3.63) is 89.2 Å². The number of hydrogen-bond donors (Lipinski definition) is 0. The lowest BCUT2D eigenvalue weighted by Gasteiger charge is -2.08. The molecule has 0 fully saturated rings. The lowest BCUT2D eigenvalue weighted by molar-refractivity contribution is -0.136. The number of halogens is 1. The van der Waals surface area contributed by atoms with Gasteiger partial charge >= 0.3 is 5.97 Å². The van der Waals surface area contributed by atoms with E-state index in [0.717, 1.165) is 11.3 Å². The van der Waals surface area contributed by atoms with Gasteiger partial charge in [0.25, 0.3) is 0 Å². The van der Waals surface area contributed by atoms with Gasteiger partial charge in [0, 0.05) is 6.20 Å². The van der Waals surface area contributed by atoms with E-state index in [1.807, 2.05) is 42.5 Å². The Morgan fingerprint density at radius 3 is 2.46 bits per heavy atom. The number of carbonyl (C=O) groups is 1. The van der Waals surface area contributed by atoms with Crippen LogP contribution in [0.25, 0.3) is 12.2 Å². The van der Waals surface area contributed by atoms with Gasteiger partial charge in [-0.15, -0.1) is 0 Å². The van der Waals surface area contributed by atoms with E-state index >= 15 is 0 Å². The van der Waals surface area contributed by atoms with Crippen LogP contribution in [0.3, 0.4) is 0 Å². The van der Waals surface area contributed by atoms with Crippen molar-refractivity contribution in [2.24, 2.45) is 0 Å². The number of rotatable bonds is 6. The van der Waals surface area contributed by atoms with Crippen LogP contribution in [0.5, 0.6) is 11.5 Å². The first-order chi connectivity index (χ1) is 12.7. The SMILES string of the molecule is O=C(COc1ccccc1Cl)Oc1ccc(/C=C/c2ccccn2)cc1. The molecule has 0 aliphatic rings. The van der Waals surface area contributed by atoms with E-state index in [0.29, 0.717) is 16.5 Å². The Morgan fingerprint density at radius 2 is 1.73 bits per heavy atom. The second kappa shape index (κ2) is 8.83. The fourth-order valence-corrected chi connectivity index (χ4v) is 2.35. The minimum absolute atomic E-state index is 0.217. The van der Waals surface area contributed by atoms with Crippen LogP contribution in [-0.2, 0) is 4.79 Å². The van der Waals surface area contributed by atoms with Crippen LogP contribution in [0.15, 0.2) is 72.9 Å². The smallest absolute Gasteiger partial charge is 0.349 e. The van der Waals surface area contributed by atoms with Crippen molar-refractivity contribution >= 4 is 29.7 Å². The van der Waals surface area contributed by atoms with Gasteiger partial charge in [-0.25, -0.2) is 4.79 Å². The van der Waals surface area contributed by atoms with Crippen LogP contribution < -0.4 is 9.47 Å². The number of benzene rings is 2. The molecule has 3 aromatic rings. The van der Waals surface area contributed by atoms with E-state index in [4.69, 9.17) is 21.1 Å². The average molecular weight is 366 g/mol. The maximum atomic E-state index is 11.9. The zero-order chi connectivity index (χ0) is 18.2. The summed E-state index contributed by atoms with van der Waals surface area (Å²) < 4.78 is 10.6. The van der Waals surface area contributed by atoms with Gasteiger partial charge in [0.05, 0.1) is 10.7 Å². The number of esters is 1. The molecule has 1 heterocycles. The first-order valence-electron chi connectivity index (χ1n) is 7.98. The monoisotopic (exact) mass is 365 g/mol. The van der Waals surface area contributed by atoms with Crippen LogP contribution >= 0.6 is 11.6 Å². The molecule has 0 radical (unpaired) electrons. The molecule has 1 aromatic heterocycles. The lowest BCUT2D eigenvalue weighted by atomic mass is 10.2. The molecule has 130 valence electrons. The third-order valence-electron chi connectivity index (χ3n) is 3.43. The van der Waals surface area contributed by atoms with Gasteiger partial charge in [-0.1, -0.05) is 48.0 Å². The molecule has 0 aliphatic carbocycles. The first-order valence-corrected chi connectivity index (χ1v) is 8.36. The Bertz CT molecular complexity index is 893. The zero-order valence-electron chi connectivity index (χ0n) is 13.8. The van der Waals surface area contributed by atoms with Gasteiger partial charge in [0.15, 0.2) is 6.61 Å². The van der Waals surface area contributed by atoms with Crippen LogP contribution in [0.4, 0.5) is 0 Å². The second-order valence-corrected chi connectivity index (χ2v) is 5.76. The van der Waals surface area contributed by atoms with Crippen molar-refractivity contribution in [2.45, 2.75) is 0 Å². The summed E-state index contributed by atoms with van der Waals surface area (Å²) in [6.45, 7) is -0.217. The summed E-state index contributed by atoms with van der Waals surface area (Å²) in [4.78, 5) is 16.1. The minimum Gasteiger partial charge on any atom is -0.480 e. The summed E-state index contributed by atoms with van der Waals surface area (Å²) in [5.41, 5.74) is 1.85. The van der Waals surface area contributed by atoms with Crippen LogP contribution in [0, 0.1) is 0 Å². The topological polar surface area (TPSA) is 48.4 Å². The van der Waals surface area contributed by atoms with Crippen molar-refractivity contribution in [1.29, 1.82) is 0 Å². The van der Waals surface area contributed by atoms with Crippen molar-refractivity contribution in [3.8, 4) is 11.5 Å². The van der Waals surface area contributed by atoms with Gasteiger partial charge in [0.1, 0.15) is 11.5 Å². The third kappa shape index (κ3) is 5.19. The number of hydrogen-bond acceptors (Lipinski definition) is 4. The molecule has 5 heteroatoms. The summed E-state index contributed by atoms with van der Waals surface area (Å²) in [7, 11) is 0. The molecule has 0 atom stereocenters. The molecule has 0 saturated heterocycles. The van der Waals surface area contributed by atoms with Crippen molar-refractivity contribution < 1.29 is 14.3 Å². The molecule has 4 nitrogen and oxygen atoms in total. The number of nitrogens with zero attached hydrogens (tertiary/aromatic N) is 1. The highest BCUT2D eigenvalue weighted by Crippen LogP contribution is 2.23. The average Bonchev–Trinajstić information content (AvgIpc) is 2.68. The van der Waals surface area contributed by atoms with Gasteiger partial charge in [0.2, 0.25) is 0 Å². The standard InChI is InChI=1S/C21H16ClNO3/c22-19-6-1-2-7-20(19)25-15-21(24)26-18-12-9-16(10-13-18)8-11-17-5-3-4-14-23-17/h1-14H,15H2/b11-8+. The second-order valence-electron chi connectivity index (χ2n) is 5.35. The summed E-state index contributed by atoms with van der Waals surface area (Å²) in [5, 5.41) is 0.448. The molecule has 3 rings (SSSR count). The number of carbonyl (C=O) groups excluding carboxylic acids is 1. The Morgan fingerprint density at radius 1 is 0.962 bits per heavy atom. The summed E-state index contributed by atoms with van der Waals surface area (Å²) in [6.07, 6.45) is 5.60. The minimum atomic E-state index is -0.498. The zero-order valence-corrected chi connectivity index (χ0v) is 14.6. The maximum absolute atomic E-state index is 11.9. The largest absolute Gasteiger partial charge is 0.480 e. The highest BCUT2D eigenvalue weighted by Gasteiger charge is 2.07. The first kappa shape index (κ1) is 17.7. The Labute approximate surface area is 156 Å². The molecule has 0 spiro atoms. The Kier molecular flexibility index (Phi) is 6.01. The quantitative estimate of drug-likeness (QED) is 0.461. The number of aromatic nitrogens is 1. The molecule has 0 bridgehead atoms. The molecule has 26 heavy (non-hydrogen) atoms. The van der Waals surface area contributed by atoms with Crippen LogP contribution in [0.1, 0.15) is 11.3 Å². The molecule has 0 saturated carbocycles. The molecule has 0 amide bonds. The van der Waals surface area contributed by atoms with Gasteiger partial charge in [-0.3, -0.25) is 4.98 Å². The molecular formula is C21H16ClNO3. The van der Waals surface area contributed by atoms with E-state index in [9.17, 15) is 4.79 Å². The van der Waals surface area contributed by atoms with Crippen molar-refractivity contribution in [1.82, 2.24) is 4.98 Å². The summed E-state index contributed by atoms with van der Waals surface area (Å²) >= 11 is 5.97. The number of ether oxygens (including phenoxy) is 2. The molecule has 0 unspecified atom stereocenters. The highest BCUT2D eigenvalue weighted by molar-refractivity contribution is 6.32. The van der Waals surface area contributed by atoms with Crippen LogP contribution in [-0.4, -0.2) is 17.6 Å². The molecule has 0 aliphatic heterocycles. The van der Waals surface area contributed by atoms with E-state index < -0.39 is 5.97 Å². The lowest BCUT2D eigenvalue weighted by Crippen LogP contribution is -2.17. The predicted octanol–water partition coefficient (Wildman–Crippen LogP) is 4.89. The predicted molar refractivity (Wildman–Crippen MR) is 102 cm³/mol. The van der Waals surface area contributed by atoms with E-state index in [2.05, 4.69) is 4.98 Å². The van der Waals surface area contributed by atoms with Crippen molar-refractivity contribution in [2.75, 3.05) is 6.61 Å². The maximum Gasteiger partial charge on any atom is 0.349 e. The van der Waals surface area contributed by atoms with Crippen molar-refractivity contribution in [3.63, 3.8) is 0 Å². The van der Waals surface area contributed by atoms with Gasteiger partial charge in [-0.2, -0.15) is 0 Å². The normalized spacial score (nSPS) is 10.7. The molecule has 2 aromatic carbocycles. The van der Waals surface area contributed by atoms with E-state index in [1.54, 1.807) is 42.6 Å². The van der Waals surface area contributed by atoms with Gasteiger partial charge in [-0.05, 0) is 48.0 Å². The summed E-state index contributed by atoms with van der Waals surface area (Å²) in [6, 6.07) is 19.9. The molecular weight excluding hydrogens is 350 g/mol. The number of pyridine rings is 1. The third-order valence-corrected chi connectivity index (χ3v) is 3.74. The fourth-order valence-electron chi connectivity index (χ4n) is 2.16. The van der Waals surface area contributed by atoms with Crippen LogP contribution in [0.2, 0.25) is 5.02 Å². The highest BCUT2D eigenvalue weighted by atomic mass is 35.5. The molecule has 0 N–H and O–H groups in total. The fraction of sp³-hybridized carbons (Fsp3) is 0.0476.